The predicted octanol–water partition coefficient (Wildman–Crippen LogP) is 2.88. The number of hydrogen-bond acceptors (Lipinski definition) is 4. The molecular weight excluding hydrogens is 261 g/mol. The molecule has 1 aromatic heterocycles. The van der Waals surface area contributed by atoms with E-state index in [-0.39, 0.29) is 0 Å². The first-order valence-corrected chi connectivity index (χ1v) is 6.13. The molecular formula is C14H18FN3O2. The molecule has 2 aromatic rings. The number of methoxy groups -OCH3 is 2. The van der Waals surface area contributed by atoms with Gasteiger partial charge in [-0.15, -0.1) is 0 Å². The van der Waals surface area contributed by atoms with Crippen molar-refractivity contribution in [2.24, 2.45) is 0 Å². The maximum atomic E-state index is 14.4. The zero-order valence-corrected chi connectivity index (χ0v) is 12.0. The maximum absolute atomic E-state index is 14.4. The summed E-state index contributed by atoms with van der Waals surface area (Å²) < 4.78 is 25.0. The van der Waals surface area contributed by atoms with E-state index in [1.54, 1.807) is 18.3 Å². The first-order chi connectivity index (χ1) is 9.38. The van der Waals surface area contributed by atoms with E-state index in [0.717, 1.165) is 5.56 Å². The van der Waals surface area contributed by atoms with E-state index >= 15 is 0 Å². The molecule has 0 spiro atoms. The number of halogens is 1. The number of aromatic nitrogens is 2. The lowest BCUT2D eigenvalue weighted by atomic mass is 9.94. The van der Waals surface area contributed by atoms with Crippen LogP contribution in [-0.2, 0) is 5.67 Å². The fourth-order valence-electron chi connectivity index (χ4n) is 2.09. The van der Waals surface area contributed by atoms with Gasteiger partial charge in [-0.05, 0) is 31.5 Å². The molecule has 0 radical (unpaired) electrons. The summed E-state index contributed by atoms with van der Waals surface area (Å²) >= 11 is 0. The van der Waals surface area contributed by atoms with Gasteiger partial charge in [-0.3, -0.25) is 5.10 Å². The Kier molecular flexibility index (Phi) is 3.57. The molecule has 0 bridgehead atoms. The minimum absolute atomic E-state index is 0.380. The number of nitrogens with zero attached hydrogens (tertiary/aromatic N) is 1. The number of anilines is 1. The van der Waals surface area contributed by atoms with Crippen molar-refractivity contribution in [3.8, 4) is 22.6 Å². The van der Waals surface area contributed by atoms with Crippen molar-refractivity contribution >= 4 is 5.82 Å². The second kappa shape index (κ2) is 5.03. The summed E-state index contributed by atoms with van der Waals surface area (Å²) in [7, 11) is 2.99. The van der Waals surface area contributed by atoms with Crippen molar-refractivity contribution < 1.29 is 13.9 Å². The van der Waals surface area contributed by atoms with Gasteiger partial charge < -0.3 is 15.2 Å². The van der Waals surface area contributed by atoms with Crippen molar-refractivity contribution in [3.63, 3.8) is 0 Å². The number of rotatable bonds is 4. The Morgan fingerprint density at radius 1 is 1.25 bits per heavy atom. The highest BCUT2D eigenvalue weighted by atomic mass is 19.1. The van der Waals surface area contributed by atoms with Crippen LogP contribution in [0.4, 0.5) is 10.2 Å². The van der Waals surface area contributed by atoms with Gasteiger partial charge in [0, 0.05) is 11.1 Å². The van der Waals surface area contributed by atoms with E-state index in [4.69, 9.17) is 15.2 Å². The van der Waals surface area contributed by atoms with Gasteiger partial charge in [0.2, 0.25) is 0 Å². The highest BCUT2D eigenvalue weighted by Crippen LogP contribution is 2.43. The first-order valence-electron chi connectivity index (χ1n) is 6.13. The molecule has 3 N–H and O–H groups in total. The molecule has 2 rings (SSSR count). The SMILES string of the molecule is COc1cc(-c2cn[nH]c2N)cc(C(C)(C)F)c1OC. The number of nitrogens with one attached hydrogen (secondary N) is 1. The lowest BCUT2D eigenvalue weighted by Gasteiger charge is -2.21. The summed E-state index contributed by atoms with van der Waals surface area (Å²) in [6.45, 7) is 2.93. The summed E-state index contributed by atoms with van der Waals surface area (Å²) in [4.78, 5) is 0. The van der Waals surface area contributed by atoms with Gasteiger partial charge in [0.1, 0.15) is 11.5 Å². The average Bonchev–Trinajstić information content (AvgIpc) is 2.82. The topological polar surface area (TPSA) is 73.2 Å². The molecule has 108 valence electrons. The first kappa shape index (κ1) is 14.2. The Balaban J connectivity index is 2.71. The fraction of sp³-hybridized carbons (Fsp3) is 0.357. The lowest BCUT2D eigenvalue weighted by Crippen LogP contribution is -2.12. The van der Waals surface area contributed by atoms with E-state index in [9.17, 15) is 4.39 Å². The van der Waals surface area contributed by atoms with E-state index < -0.39 is 5.67 Å². The normalized spacial score (nSPS) is 11.4. The number of alkyl halides is 1. The van der Waals surface area contributed by atoms with Crippen molar-refractivity contribution in [2.75, 3.05) is 20.0 Å². The van der Waals surface area contributed by atoms with Gasteiger partial charge in [0.25, 0.3) is 0 Å². The Hall–Kier alpha value is -2.24. The Morgan fingerprint density at radius 3 is 2.40 bits per heavy atom. The summed E-state index contributed by atoms with van der Waals surface area (Å²) in [5.74, 6) is 1.25. The van der Waals surface area contributed by atoms with Gasteiger partial charge >= 0.3 is 0 Å². The van der Waals surface area contributed by atoms with Crippen LogP contribution in [0.2, 0.25) is 0 Å². The highest BCUT2D eigenvalue weighted by Gasteiger charge is 2.27. The number of nitrogens with two attached hydrogens (primary N) is 1. The zero-order chi connectivity index (χ0) is 14.9. The van der Waals surface area contributed by atoms with Crippen LogP contribution >= 0.6 is 0 Å². The van der Waals surface area contributed by atoms with Gasteiger partial charge in [-0.25, -0.2) is 4.39 Å². The van der Waals surface area contributed by atoms with Crippen LogP contribution in [-0.4, -0.2) is 24.4 Å². The molecule has 5 nitrogen and oxygen atoms in total. The maximum Gasteiger partial charge on any atom is 0.167 e. The molecule has 0 saturated carbocycles. The lowest BCUT2D eigenvalue weighted by molar-refractivity contribution is 0.211. The van der Waals surface area contributed by atoms with Gasteiger partial charge in [0.05, 0.1) is 20.4 Å². The van der Waals surface area contributed by atoms with Crippen LogP contribution in [0.1, 0.15) is 19.4 Å². The molecule has 1 heterocycles. The Morgan fingerprint density at radius 2 is 1.95 bits per heavy atom. The highest BCUT2D eigenvalue weighted by molar-refractivity contribution is 5.76. The minimum atomic E-state index is -1.58. The fourth-order valence-corrected chi connectivity index (χ4v) is 2.09. The summed E-state index contributed by atoms with van der Waals surface area (Å²) in [6.07, 6.45) is 1.59. The van der Waals surface area contributed by atoms with E-state index in [1.807, 2.05) is 0 Å². The van der Waals surface area contributed by atoms with Crippen molar-refractivity contribution in [1.82, 2.24) is 10.2 Å². The third-order valence-electron chi connectivity index (χ3n) is 3.10. The second-order valence-electron chi connectivity index (χ2n) is 4.93. The summed E-state index contributed by atoms with van der Waals surface area (Å²) in [6, 6.07) is 3.44. The van der Waals surface area contributed by atoms with Gasteiger partial charge in [-0.1, -0.05) is 0 Å². The van der Waals surface area contributed by atoms with Crippen LogP contribution in [0.15, 0.2) is 18.3 Å². The van der Waals surface area contributed by atoms with Crippen LogP contribution in [0.5, 0.6) is 11.5 Å². The number of benzene rings is 1. The monoisotopic (exact) mass is 279 g/mol. The molecule has 20 heavy (non-hydrogen) atoms. The molecule has 0 atom stereocenters. The number of H-pyrrole nitrogens is 1. The van der Waals surface area contributed by atoms with E-state index in [2.05, 4.69) is 10.2 Å². The summed E-state index contributed by atoms with van der Waals surface area (Å²) in [5.41, 5.74) is 6.04. The van der Waals surface area contributed by atoms with Crippen molar-refractivity contribution in [2.45, 2.75) is 19.5 Å². The molecule has 0 aliphatic rings. The Bertz CT molecular complexity index is 617. The van der Waals surface area contributed by atoms with Gasteiger partial charge in [-0.2, -0.15) is 5.10 Å². The molecule has 0 saturated heterocycles. The van der Waals surface area contributed by atoms with Gasteiger partial charge in [0.15, 0.2) is 11.5 Å². The third-order valence-corrected chi connectivity index (χ3v) is 3.10. The number of nitrogen functional groups attached to an aromatic ring is 1. The molecule has 1 aromatic carbocycles. The number of hydrogen-bond donors (Lipinski definition) is 2. The molecule has 6 heteroatoms. The van der Waals surface area contributed by atoms with Crippen LogP contribution in [0.25, 0.3) is 11.1 Å². The summed E-state index contributed by atoms with van der Waals surface area (Å²) in [5, 5.41) is 6.53. The van der Waals surface area contributed by atoms with Crippen molar-refractivity contribution in [3.05, 3.63) is 23.9 Å². The number of aromatic amines is 1. The molecule has 0 amide bonds. The average molecular weight is 279 g/mol. The van der Waals surface area contributed by atoms with E-state index in [1.165, 1.54) is 28.1 Å². The van der Waals surface area contributed by atoms with E-state index in [0.29, 0.717) is 28.4 Å². The van der Waals surface area contributed by atoms with Crippen LogP contribution in [0.3, 0.4) is 0 Å². The predicted molar refractivity (Wildman–Crippen MR) is 75.7 cm³/mol. The standard InChI is InChI=1S/C14H18FN3O2/c1-14(2,15)10-5-8(9-7-17-18-13(9)16)6-11(19-3)12(10)20-4/h5-7H,1-4H3,(H3,16,17,18). The third kappa shape index (κ3) is 2.41. The van der Waals surface area contributed by atoms with Crippen molar-refractivity contribution in [1.29, 1.82) is 0 Å². The van der Waals surface area contributed by atoms with Crippen LogP contribution in [0, 0.1) is 0 Å². The quantitative estimate of drug-likeness (QED) is 0.902. The van der Waals surface area contributed by atoms with Crippen LogP contribution < -0.4 is 15.2 Å². The largest absolute Gasteiger partial charge is 0.493 e. The molecule has 0 unspecified atom stereocenters. The Labute approximate surface area is 116 Å². The molecule has 0 fully saturated rings. The number of ether oxygens (including phenoxy) is 2. The smallest absolute Gasteiger partial charge is 0.167 e. The molecule has 0 aliphatic carbocycles. The second-order valence-corrected chi connectivity index (χ2v) is 4.93. The minimum Gasteiger partial charge on any atom is -0.493 e. The zero-order valence-electron chi connectivity index (χ0n) is 12.0. The molecule has 0 aliphatic heterocycles.